The van der Waals surface area contributed by atoms with Crippen molar-refractivity contribution in [3.63, 3.8) is 0 Å². The van der Waals surface area contributed by atoms with E-state index in [9.17, 15) is 4.39 Å². The van der Waals surface area contributed by atoms with E-state index >= 15 is 0 Å². The minimum absolute atomic E-state index is 0.226. The summed E-state index contributed by atoms with van der Waals surface area (Å²) in [6.07, 6.45) is 0. The maximum Gasteiger partial charge on any atom is 0.196 e. The average Bonchev–Trinajstić information content (AvgIpc) is 3.22. The van der Waals surface area contributed by atoms with Gasteiger partial charge in [0.15, 0.2) is 22.5 Å². The summed E-state index contributed by atoms with van der Waals surface area (Å²) in [4.78, 5) is 0. The van der Waals surface area contributed by atoms with Gasteiger partial charge in [0, 0.05) is 17.0 Å². The van der Waals surface area contributed by atoms with Crippen molar-refractivity contribution in [2.24, 2.45) is 0 Å². The predicted octanol–water partition coefficient (Wildman–Crippen LogP) is 5.38. The quantitative estimate of drug-likeness (QED) is 0.375. The van der Waals surface area contributed by atoms with E-state index in [0.29, 0.717) is 33.8 Å². The molecule has 4 aromatic rings. The third-order valence-electron chi connectivity index (χ3n) is 4.60. The topological polar surface area (TPSA) is 49.2 Å². The van der Waals surface area contributed by atoms with E-state index in [1.165, 1.54) is 17.8 Å². The second-order valence-corrected chi connectivity index (χ2v) is 7.37. The summed E-state index contributed by atoms with van der Waals surface area (Å²) in [5, 5.41) is 9.50. The molecule has 152 valence electrons. The lowest BCUT2D eigenvalue weighted by Gasteiger charge is -2.12. The summed E-state index contributed by atoms with van der Waals surface area (Å²) in [7, 11) is 3.20. The van der Waals surface area contributed by atoms with E-state index in [1.807, 2.05) is 59.2 Å². The number of halogens is 1. The Morgan fingerprint density at radius 1 is 0.867 bits per heavy atom. The lowest BCUT2D eigenvalue weighted by molar-refractivity contribution is 0.355. The van der Waals surface area contributed by atoms with Crippen LogP contribution in [0.2, 0.25) is 0 Å². The van der Waals surface area contributed by atoms with Crippen LogP contribution in [0.15, 0.2) is 78.0 Å². The fraction of sp³-hybridized carbons (Fsp3) is 0.130. The minimum atomic E-state index is -0.226. The highest BCUT2D eigenvalue weighted by Gasteiger charge is 2.18. The first-order chi connectivity index (χ1) is 14.7. The molecule has 0 bridgehead atoms. The fourth-order valence-corrected chi connectivity index (χ4v) is 4.03. The molecule has 0 radical (unpaired) electrons. The molecule has 4 rings (SSSR count). The third kappa shape index (κ3) is 4.02. The fourth-order valence-electron chi connectivity index (χ4n) is 3.09. The number of benzene rings is 3. The maximum absolute atomic E-state index is 14.1. The van der Waals surface area contributed by atoms with Crippen molar-refractivity contribution in [3.8, 4) is 28.6 Å². The van der Waals surface area contributed by atoms with Gasteiger partial charge in [-0.2, -0.15) is 0 Å². The van der Waals surface area contributed by atoms with Gasteiger partial charge >= 0.3 is 0 Å². The number of hydrogen-bond donors (Lipinski definition) is 0. The Labute approximate surface area is 178 Å². The van der Waals surface area contributed by atoms with Crippen molar-refractivity contribution in [2.45, 2.75) is 10.9 Å². The van der Waals surface area contributed by atoms with Gasteiger partial charge in [0.05, 0.1) is 14.2 Å². The van der Waals surface area contributed by atoms with Crippen molar-refractivity contribution >= 4 is 11.8 Å². The molecule has 7 heteroatoms. The van der Waals surface area contributed by atoms with Crippen LogP contribution in [0.1, 0.15) is 5.56 Å². The SMILES string of the molecule is COc1ccc(-c2nnc(SCc3ccccc3F)n2-c2ccccc2)cc1OC. The summed E-state index contributed by atoms with van der Waals surface area (Å²) in [5.41, 5.74) is 2.38. The molecule has 5 nitrogen and oxygen atoms in total. The Kier molecular flexibility index (Phi) is 5.99. The first-order valence-corrected chi connectivity index (χ1v) is 10.3. The Hall–Kier alpha value is -3.32. The van der Waals surface area contributed by atoms with Gasteiger partial charge in [-0.25, -0.2) is 4.39 Å². The minimum Gasteiger partial charge on any atom is -0.493 e. The van der Waals surface area contributed by atoms with Crippen LogP contribution in [0.25, 0.3) is 17.1 Å². The molecule has 0 atom stereocenters. The van der Waals surface area contributed by atoms with Gasteiger partial charge in [0.1, 0.15) is 5.82 Å². The Balaban J connectivity index is 1.76. The Bertz CT molecular complexity index is 1150. The second-order valence-electron chi connectivity index (χ2n) is 6.43. The van der Waals surface area contributed by atoms with Gasteiger partial charge in [-0.15, -0.1) is 10.2 Å². The van der Waals surface area contributed by atoms with Gasteiger partial charge < -0.3 is 9.47 Å². The van der Waals surface area contributed by atoms with Crippen molar-refractivity contribution in [2.75, 3.05) is 14.2 Å². The zero-order chi connectivity index (χ0) is 20.9. The molecule has 0 saturated heterocycles. The van der Waals surface area contributed by atoms with Gasteiger partial charge in [0.25, 0.3) is 0 Å². The lowest BCUT2D eigenvalue weighted by Crippen LogP contribution is -2.00. The molecule has 0 aliphatic rings. The molecular weight excluding hydrogens is 401 g/mol. The van der Waals surface area contributed by atoms with Gasteiger partial charge in [0.2, 0.25) is 0 Å². The van der Waals surface area contributed by atoms with E-state index in [0.717, 1.165) is 11.3 Å². The smallest absolute Gasteiger partial charge is 0.196 e. The summed E-state index contributed by atoms with van der Waals surface area (Å²) in [5.74, 6) is 2.14. The average molecular weight is 421 g/mol. The van der Waals surface area contributed by atoms with Crippen LogP contribution in [0, 0.1) is 5.82 Å². The Morgan fingerprint density at radius 2 is 1.60 bits per heavy atom. The summed E-state index contributed by atoms with van der Waals surface area (Å²) in [6.45, 7) is 0. The molecule has 0 saturated carbocycles. The van der Waals surface area contributed by atoms with Crippen molar-refractivity contribution in [1.82, 2.24) is 14.8 Å². The number of methoxy groups -OCH3 is 2. The van der Waals surface area contributed by atoms with Crippen molar-refractivity contribution in [3.05, 3.63) is 84.2 Å². The second kappa shape index (κ2) is 9.00. The molecule has 0 amide bonds. The monoisotopic (exact) mass is 421 g/mol. The van der Waals surface area contributed by atoms with Crippen LogP contribution in [0.5, 0.6) is 11.5 Å². The highest BCUT2D eigenvalue weighted by molar-refractivity contribution is 7.98. The Morgan fingerprint density at radius 3 is 2.33 bits per heavy atom. The first kappa shape index (κ1) is 20.0. The molecule has 0 spiro atoms. The molecule has 0 unspecified atom stereocenters. The number of rotatable bonds is 7. The number of aromatic nitrogens is 3. The molecular formula is C23H20FN3O2S. The van der Waals surface area contributed by atoms with Crippen molar-refractivity contribution in [1.29, 1.82) is 0 Å². The number of nitrogens with zero attached hydrogens (tertiary/aromatic N) is 3. The highest BCUT2D eigenvalue weighted by atomic mass is 32.2. The van der Waals surface area contributed by atoms with Crippen LogP contribution < -0.4 is 9.47 Å². The molecule has 3 aromatic carbocycles. The molecule has 0 aliphatic heterocycles. The number of para-hydroxylation sites is 1. The maximum atomic E-state index is 14.1. The standard InChI is InChI=1S/C23H20FN3O2S/c1-28-20-13-12-16(14-21(20)29-2)22-25-26-23(27(22)18-9-4-3-5-10-18)30-15-17-8-6-7-11-19(17)24/h3-14H,15H2,1-2H3. The first-order valence-electron chi connectivity index (χ1n) is 9.30. The number of hydrogen-bond acceptors (Lipinski definition) is 5. The highest BCUT2D eigenvalue weighted by Crippen LogP contribution is 2.35. The van der Waals surface area contributed by atoms with Gasteiger partial charge in [-0.3, -0.25) is 4.57 Å². The summed E-state index contributed by atoms with van der Waals surface area (Å²) >= 11 is 1.44. The van der Waals surface area contributed by atoms with Gasteiger partial charge in [-0.05, 0) is 42.0 Å². The molecule has 1 heterocycles. The molecule has 0 fully saturated rings. The lowest BCUT2D eigenvalue weighted by atomic mass is 10.2. The summed E-state index contributed by atoms with van der Waals surface area (Å²) in [6, 6.07) is 22.2. The van der Waals surface area contributed by atoms with Crippen LogP contribution in [-0.4, -0.2) is 29.0 Å². The molecule has 0 aliphatic carbocycles. The van der Waals surface area contributed by atoms with Crippen molar-refractivity contribution < 1.29 is 13.9 Å². The zero-order valence-electron chi connectivity index (χ0n) is 16.6. The van der Waals surface area contributed by atoms with Crippen LogP contribution in [0.4, 0.5) is 4.39 Å². The van der Waals surface area contributed by atoms with Crippen LogP contribution in [0.3, 0.4) is 0 Å². The normalized spacial score (nSPS) is 10.8. The zero-order valence-corrected chi connectivity index (χ0v) is 17.4. The number of ether oxygens (including phenoxy) is 2. The van der Waals surface area contributed by atoms with E-state index in [-0.39, 0.29) is 5.82 Å². The van der Waals surface area contributed by atoms with E-state index in [4.69, 9.17) is 9.47 Å². The molecule has 30 heavy (non-hydrogen) atoms. The summed E-state index contributed by atoms with van der Waals surface area (Å²) < 4.78 is 26.8. The van der Waals surface area contributed by atoms with E-state index in [1.54, 1.807) is 26.4 Å². The van der Waals surface area contributed by atoms with Crippen LogP contribution >= 0.6 is 11.8 Å². The van der Waals surface area contributed by atoms with Crippen LogP contribution in [-0.2, 0) is 5.75 Å². The van der Waals surface area contributed by atoms with E-state index in [2.05, 4.69) is 10.2 Å². The third-order valence-corrected chi connectivity index (χ3v) is 5.58. The number of thioether (sulfide) groups is 1. The predicted molar refractivity (Wildman–Crippen MR) is 116 cm³/mol. The molecule has 1 aromatic heterocycles. The molecule has 0 N–H and O–H groups in total. The largest absolute Gasteiger partial charge is 0.493 e. The van der Waals surface area contributed by atoms with Gasteiger partial charge in [-0.1, -0.05) is 48.2 Å². The van der Waals surface area contributed by atoms with E-state index < -0.39 is 0 Å².